The molecule has 1 aromatic rings. The molecule has 15 heavy (non-hydrogen) atoms. The van der Waals surface area contributed by atoms with Crippen molar-refractivity contribution < 1.29 is 13.2 Å². The fraction of sp³-hybridized carbons (Fsp3) is 0.222. The summed E-state index contributed by atoms with van der Waals surface area (Å²) in [5.41, 5.74) is 0.519. The van der Waals surface area contributed by atoms with Crippen LogP contribution in [0.15, 0.2) is 29.2 Å². The second kappa shape index (κ2) is 4.67. The van der Waals surface area contributed by atoms with Gasteiger partial charge in [-0.05, 0) is 24.3 Å². The molecule has 1 rings (SSSR count). The number of amides is 1. The lowest BCUT2D eigenvalue weighted by molar-refractivity contribution is 0.270. The van der Waals surface area contributed by atoms with Gasteiger partial charge < -0.3 is 5.32 Å². The van der Waals surface area contributed by atoms with Crippen molar-refractivity contribution in [1.29, 1.82) is 0 Å². The number of anilines is 1. The monoisotopic (exact) mass is 245 g/mol. The molecule has 0 aliphatic heterocycles. The Kier molecular flexibility index (Phi) is 3.76. The van der Waals surface area contributed by atoms with Crippen molar-refractivity contribution in [1.82, 2.24) is 0 Å². The number of rotatable bonds is 3. The number of carbonyl (C=O) groups is 1. The van der Waals surface area contributed by atoms with Crippen LogP contribution >= 0.6 is 12.6 Å². The van der Waals surface area contributed by atoms with Crippen LogP contribution in [0.2, 0.25) is 0 Å². The van der Waals surface area contributed by atoms with Crippen LogP contribution < -0.4 is 5.32 Å². The molecule has 0 heterocycles. The van der Waals surface area contributed by atoms with Gasteiger partial charge in [0.15, 0.2) is 9.84 Å². The molecule has 0 aliphatic rings. The summed E-state index contributed by atoms with van der Waals surface area (Å²) >= 11 is 3.54. The molecule has 0 atom stereocenters. The summed E-state index contributed by atoms with van der Waals surface area (Å²) in [5, 5.41) is 1.95. The van der Waals surface area contributed by atoms with Crippen LogP contribution in [-0.2, 0) is 9.84 Å². The van der Waals surface area contributed by atoms with Crippen molar-refractivity contribution >= 4 is 33.4 Å². The summed E-state index contributed by atoms with van der Waals surface area (Å²) in [7, 11) is -3.18. The Hall–Kier alpha value is -1.01. The molecule has 1 amide bonds. The first-order valence-corrected chi connectivity index (χ1v) is 6.38. The van der Waals surface area contributed by atoms with Gasteiger partial charge >= 0.3 is 0 Å². The first-order valence-electron chi connectivity index (χ1n) is 4.28. The van der Waals surface area contributed by atoms with Gasteiger partial charge in [-0.15, -0.1) is 0 Å². The Morgan fingerprint density at radius 1 is 1.33 bits per heavy atom. The summed E-state index contributed by atoms with van der Waals surface area (Å²) in [6, 6.07) is 5.96. The second-order valence-electron chi connectivity index (χ2n) is 2.86. The fourth-order valence-electron chi connectivity index (χ4n) is 1.04. The molecule has 0 aromatic heterocycles. The van der Waals surface area contributed by atoms with Gasteiger partial charge in [0, 0.05) is 5.69 Å². The van der Waals surface area contributed by atoms with Crippen LogP contribution in [0.1, 0.15) is 6.92 Å². The van der Waals surface area contributed by atoms with E-state index in [-0.39, 0.29) is 10.6 Å². The lowest BCUT2D eigenvalue weighted by atomic mass is 10.3. The lowest BCUT2D eigenvalue weighted by Crippen LogP contribution is -2.05. The molecule has 1 aromatic carbocycles. The number of benzene rings is 1. The first kappa shape index (κ1) is 12.1. The highest BCUT2D eigenvalue weighted by molar-refractivity contribution is 7.96. The van der Waals surface area contributed by atoms with E-state index in [9.17, 15) is 13.2 Å². The first-order chi connectivity index (χ1) is 6.95. The lowest BCUT2D eigenvalue weighted by Gasteiger charge is -2.03. The highest BCUT2D eigenvalue weighted by atomic mass is 32.2. The van der Waals surface area contributed by atoms with E-state index >= 15 is 0 Å². The standard InChI is InChI=1S/C9H11NO3S2/c1-2-15(12,13)8-5-3-7(4-6-8)10-9(11)14/h3-6H,2H2,1H3,(H2,10,11,14). The molecule has 1 N–H and O–H groups in total. The van der Waals surface area contributed by atoms with E-state index in [1.165, 1.54) is 24.3 Å². The maximum Gasteiger partial charge on any atom is 0.280 e. The van der Waals surface area contributed by atoms with Crippen LogP contribution in [0.25, 0.3) is 0 Å². The maximum atomic E-state index is 11.4. The molecule has 0 saturated heterocycles. The van der Waals surface area contributed by atoms with E-state index in [2.05, 4.69) is 17.9 Å². The van der Waals surface area contributed by atoms with E-state index in [0.717, 1.165) is 0 Å². The zero-order chi connectivity index (χ0) is 11.5. The van der Waals surface area contributed by atoms with E-state index in [0.29, 0.717) is 5.69 Å². The van der Waals surface area contributed by atoms with Gasteiger partial charge in [0.05, 0.1) is 10.6 Å². The molecule has 0 saturated carbocycles. The van der Waals surface area contributed by atoms with E-state index in [1.54, 1.807) is 6.92 Å². The molecule has 0 spiro atoms. The van der Waals surface area contributed by atoms with Gasteiger partial charge in [0.1, 0.15) is 0 Å². The molecule has 0 aliphatic carbocycles. The Bertz CT molecular complexity index is 451. The van der Waals surface area contributed by atoms with Crippen LogP contribution in [0.5, 0.6) is 0 Å². The van der Waals surface area contributed by atoms with E-state index in [4.69, 9.17) is 0 Å². The summed E-state index contributed by atoms with van der Waals surface area (Å²) < 4.78 is 22.9. The van der Waals surface area contributed by atoms with Crippen molar-refractivity contribution in [2.45, 2.75) is 11.8 Å². The molecule has 0 unspecified atom stereocenters. The molecule has 0 bridgehead atoms. The van der Waals surface area contributed by atoms with Gasteiger partial charge in [-0.1, -0.05) is 19.6 Å². The van der Waals surface area contributed by atoms with Crippen molar-refractivity contribution in [3.05, 3.63) is 24.3 Å². The number of nitrogens with one attached hydrogen (secondary N) is 1. The van der Waals surface area contributed by atoms with E-state index in [1.807, 2.05) is 0 Å². The highest BCUT2D eigenvalue weighted by Crippen LogP contribution is 2.15. The van der Waals surface area contributed by atoms with Crippen molar-refractivity contribution in [3.8, 4) is 0 Å². The number of carbonyl (C=O) groups excluding carboxylic acids is 1. The van der Waals surface area contributed by atoms with E-state index < -0.39 is 15.1 Å². The average Bonchev–Trinajstić information content (AvgIpc) is 2.18. The second-order valence-corrected chi connectivity index (χ2v) is 5.54. The SMILES string of the molecule is CCS(=O)(=O)c1ccc(NC(=O)S)cc1. The summed E-state index contributed by atoms with van der Waals surface area (Å²) in [5.74, 6) is 0.0608. The van der Waals surface area contributed by atoms with Gasteiger partial charge in [-0.3, -0.25) is 4.79 Å². The number of sulfone groups is 1. The molecule has 4 nitrogen and oxygen atoms in total. The topological polar surface area (TPSA) is 63.2 Å². The Morgan fingerprint density at radius 3 is 2.27 bits per heavy atom. The smallest absolute Gasteiger partial charge is 0.280 e. The number of hydrogen-bond acceptors (Lipinski definition) is 3. The van der Waals surface area contributed by atoms with Crippen molar-refractivity contribution in [3.63, 3.8) is 0 Å². The summed E-state index contributed by atoms with van der Waals surface area (Å²) in [6.45, 7) is 1.58. The molecule has 82 valence electrons. The van der Waals surface area contributed by atoms with Crippen LogP contribution in [0.4, 0.5) is 10.5 Å². The van der Waals surface area contributed by atoms with Crippen molar-refractivity contribution in [2.75, 3.05) is 11.1 Å². The zero-order valence-electron chi connectivity index (χ0n) is 8.10. The van der Waals surface area contributed by atoms with Crippen LogP contribution in [-0.4, -0.2) is 19.4 Å². The number of hydrogen-bond donors (Lipinski definition) is 2. The Balaban J connectivity index is 2.95. The third-order valence-corrected chi connectivity index (χ3v) is 3.71. The highest BCUT2D eigenvalue weighted by Gasteiger charge is 2.10. The maximum absolute atomic E-state index is 11.4. The van der Waals surface area contributed by atoms with Crippen molar-refractivity contribution in [2.24, 2.45) is 0 Å². The van der Waals surface area contributed by atoms with Gasteiger partial charge in [0.25, 0.3) is 5.24 Å². The normalized spacial score (nSPS) is 11.1. The Labute approximate surface area is 94.0 Å². The number of thiol groups is 1. The average molecular weight is 245 g/mol. The van der Waals surface area contributed by atoms with Crippen LogP contribution in [0.3, 0.4) is 0 Å². The quantitative estimate of drug-likeness (QED) is 0.800. The van der Waals surface area contributed by atoms with Crippen LogP contribution in [0, 0.1) is 0 Å². The van der Waals surface area contributed by atoms with Gasteiger partial charge in [-0.2, -0.15) is 0 Å². The Morgan fingerprint density at radius 2 is 1.87 bits per heavy atom. The minimum atomic E-state index is -3.18. The largest absolute Gasteiger partial charge is 0.317 e. The molecule has 0 radical (unpaired) electrons. The minimum Gasteiger partial charge on any atom is -0.317 e. The van der Waals surface area contributed by atoms with Gasteiger partial charge in [0.2, 0.25) is 0 Å². The van der Waals surface area contributed by atoms with Gasteiger partial charge in [-0.25, -0.2) is 8.42 Å². The third kappa shape index (κ3) is 3.24. The third-order valence-electron chi connectivity index (χ3n) is 1.84. The zero-order valence-corrected chi connectivity index (χ0v) is 9.81. The summed E-state index contributed by atoms with van der Waals surface area (Å²) in [6.07, 6.45) is 0. The molecule has 6 heteroatoms. The molecule has 0 fully saturated rings. The minimum absolute atomic E-state index is 0.0608. The molecular weight excluding hydrogens is 234 g/mol. The fourth-order valence-corrected chi connectivity index (χ4v) is 2.05. The summed E-state index contributed by atoms with van der Waals surface area (Å²) in [4.78, 5) is 10.8. The predicted molar refractivity (Wildman–Crippen MR) is 62.2 cm³/mol. The predicted octanol–water partition coefficient (Wildman–Crippen LogP) is 1.94. The molecular formula is C9H11NO3S2.